The molecule has 0 aliphatic carbocycles. The standard InChI is InChI=1S/C48H80N2O2/c1-3-5-7-9-11-13-15-17-19-21-23-25-27-29-31-33-39-51-43-35-37-45-46-38-36-44(42-48(46)50-49-47(45)41-43)52-40-34-32-30-28-26-24-22-20-18-16-14-12-10-8-6-4-2/h35-38,41-42H,3-34,39-40H2,1-2H3. The quantitative estimate of drug-likeness (QED) is 0.0444. The van der Waals surface area contributed by atoms with Crippen LogP contribution in [0.1, 0.15) is 219 Å². The Labute approximate surface area is 321 Å². The van der Waals surface area contributed by atoms with E-state index in [9.17, 15) is 0 Å². The first-order valence-electron chi connectivity index (χ1n) is 22.8. The number of unbranched alkanes of at least 4 members (excludes halogenated alkanes) is 30. The number of nitrogens with zero attached hydrogens (tertiary/aromatic N) is 2. The summed E-state index contributed by atoms with van der Waals surface area (Å²) >= 11 is 0. The number of aromatic nitrogens is 2. The van der Waals surface area contributed by atoms with Crippen molar-refractivity contribution in [2.75, 3.05) is 13.2 Å². The minimum absolute atomic E-state index is 0.769. The summed E-state index contributed by atoms with van der Waals surface area (Å²) in [4.78, 5) is 0. The second kappa shape index (κ2) is 31.0. The van der Waals surface area contributed by atoms with E-state index in [1.165, 1.54) is 193 Å². The van der Waals surface area contributed by atoms with Crippen LogP contribution in [0.2, 0.25) is 0 Å². The lowest BCUT2D eigenvalue weighted by Crippen LogP contribution is -1.99. The maximum absolute atomic E-state index is 6.10. The largest absolute Gasteiger partial charge is 0.494 e. The summed E-state index contributed by atoms with van der Waals surface area (Å²) in [5.74, 6) is 1.78. The first kappa shape index (κ1) is 44.0. The summed E-state index contributed by atoms with van der Waals surface area (Å²) < 4.78 is 12.2. The molecule has 0 N–H and O–H groups in total. The Kier molecular flexibility index (Phi) is 26.3. The fourth-order valence-electron chi connectivity index (χ4n) is 7.61. The Balaban J connectivity index is 1.16. The third kappa shape index (κ3) is 20.8. The molecule has 0 fully saturated rings. The molecule has 2 aromatic carbocycles. The smallest absolute Gasteiger partial charge is 0.121 e. The van der Waals surface area contributed by atoms with Crippen molar-refractivity contribution in [2.45, 2.75) is 219 Å². The van der Waals surface area contributed by atoms with Crippen molar-refractivity contribution < 1.29 is 9.47 Å². The Morgan fingerprint density at radius 3 is 0.846 bits per heavy atom. The van der Waals surface area contributed by atoms with Crippen LogP contribution >= 0.6 is 0 Å². The van der Waals surface area contributed by atoms with Crippen LogP contribution in [-0.4, -0.2) is 23.4 Å². The summed E-state index contributed by atoms with van der Waals surface area (Å²) in [5, 5.41) is 11.3. The third-order valence-electron chi connectivity index (χ3n) is 11.0. The molecule has 3 aromatic rings. The lowest BCUT2D eigenvalue weighted by Gasteiger charge is -2.10. The van der Waals surface area contributed by atoms with Gasteiger partial charge in [-0.25, -0.2) is 0 Å². The molecular weight excluding hydrogens is 637 g/mol. The molecule has 4 heteroatoms. The molecule has 0 amide bonds. The average Bonchev–Trinajstić information content (AvgIpc) is 3.17. The van der Waals surface area contributed by atoms with Crippen LogP contribution in [0, 0.1) is 0 Å². The van der Waals surface area contributed by atoms with Crippen molar-refractivity contribution in [1.29, 1.82) is 0 Å². The minimum Gasteiger partial charge on any atom is -0.494 e. The van der Waals surface area contributed by atoms with Gasteiger partial charge in [-0.1, -0.05) is 206 Å². The van der Waals surface area contributed by atoms with E-state index in [2.05, 4.69) is 48.3 Å². The van der Waals surface area contributed by atoms with E-state index in [0.29, 0.717) is 0 Å². The van der Waals surface area contributed by atoms with E-state index in [0.717, 1.165) is 59.4 Å². The highest BCUT2D eigenvalue weighted by atomic mass is 16.5. The van der Waals surface area contributed by atoms with Gasteiger partial charge < -0.3 is 9.47 Å². The Morgan fingerprint density at radius 1 is 0.327 bits per heavy atom. The molecule has 0 radical (unpaired) electrons. The van der Waals surface area contributed by atoms with Gasteiger partial charge in [-0.05, 0) is 37.1 Å². The maximum atomic E-state index is 6.10. The lowest BCUT2D eigenvalue weighted by molar-refractivity contribution is 0.304. The van der Waals surface area contributed by atoms with Gasteiger partial charge in [0.15, 0.2) is 0 Å². The Morgan fingerprint density at radius 2 is 0.577 bits per heavy atom. The van der Waals surface area contributed by atoms with Gasteiger partial charge in [-0.15, -0.1) is 10.2 Å². The fourth-order valence-corrected chi connectivity index (χ4v) is 7.61. The SMILES string of the molecule is CCCCCCCCCCCCCCCCCCOc1ccc2c(c1)nnc1cc(OCCCCCCCCCCCCCCCCCC)ccc12. The van der Waals surface area contributed by atoms with Crippen LogP contribution in [0.15, 0.2) is 36.4 Å². The van der Waals surface area contributed by atoms with Gasteiger partial charge in [0.2, 0.25) is 0 Å². The Bertz CT molecular complexity index is 1160. The van der Waals surface area contributed by atoms with Gasteiger partial charge in [-0.2, -0.15) is 0 Å². The van der Waals surface area contributed by atoms with E-state index in [4.69, 9.17) is 9.47 Å². The van der Waals surface area contributed by atoms with E-state index in [1.54, 1.807) is 0 Å². The van der Waals surface area contributed by atoms with Crippen molar-refractivity contribution in [2.24, 2.45) is 0 Å². The van der Waals surface area contributed by atoms with Gasteiger partial charge in [0.05, 0.1) is 24.2 Å². The molecule has 0 spiro atoms. The molecule has 0 aliphatic heterocycles. The van der Waals surface area contributed by atoms with Crippen LogP contribution in [-0.2, 0) is 0 Å². The molecule has 0 unspecified atom stereocenters. The van der Waals surface area contributed by atoms with Crippen molar-refractivity contribution in [3.05, 3.63) is 36.4 Å². The molecule has 0 saturated carbocycles. The summed E-state index contributed by atoms with van der Waals surface area (Å²) in [6.45, 7) is 6.13. The predicted octanol–water partition coefficient (Wildman–Crippen LogP) is 16.1. The minimum atomic E-state index is 0.769. The fraction of sp³-hybridized carbons (Fsp3) is 0.750. The van der Waals surface area contributed by atoms with Crippen molar-refractivity contribution in [3.8, 4) is 11.5 Å². The number of hydrogen-bond donors (Lipinski definition) is 0. The van der Waals surface area contributed by atoms with Crippen molar-refractivity contribution in [1.82, 2.24) is 10.2 Å². The van der Waals surface area contributed by atoms with E-state index < -0.39 is 0 Å². The monoisotopic (exact) mass is 717 g/mol. The number of fused-ring (bicyclic) bond motifs is 3. The van der Waals surface area contributed by atoms with Gasteiger partial charge in [0, 0.05) is 22.9 Å². The highest BCUT2D eigenvalue weighted by Crippen LogP contribution is 2.28. The molecule has 3 rings (SSSR count). The maximum Gasteiger partial charge on any atom is 0.121 e. The summed E-state index contributed by atoms with van der Waals surface area (Å²) in [6.07, 6.45) is 44.3. The van der Waals surface area contributed by atoms with Crippen LogP contribution in [0.25, 0.3) is 21.8 Å². The van der Waals surface area contributed by atoms with Crippen LogP contribution in [0.5, 0.6) is 11.5 Å². The first-order valence-corrected chi connectivity index (χ1v) is 22.8. The molecular formula is C48H80N2O2. The molecule has 4 nitrogen and oxygen atoms in total. The number of ether oxygens (including phenoxy) is 2. The van der Waals surface area contributed by atoms with Gasteiger partial charge in [0.1, 0.15) is 11.5 Å². The molecule has 0 atom stereocenters. The second-order valence-corrected chi connectivity index (χ2v) is 15.9. The number of hydrogen-bond acceptors (Lipinski definition) is 4. The molecule has 0 saturated heterocycles. The summed E-state index contributed by atoms with van der Waals surface area (Å²) in [6, 6.07) is 12.5. The zero-order chi connectivity index (χ0) is 36.6. The zero-order valence-corrected chi connectivity index (χ0v) is 34.2. The highest BCUT2D eigenvalue weighted by molar-refractivity contribution is 6.04. The summed E-state index contributed by atoms with van der Waals surface area (Å²) in [5.41, 5.74) is 1.78. The second-order valence-electron chi connectivity index (χ2n) is 15.9. The number of benzene rings is 2. The zero-order valence-electron chi connectivity index (χ0n) is 34.2. The molecule has 1 aromatic heterocycles. The summed E-state index contributed by atoms with van der Waals surface area (Å²) in [7, 11) is 0. The topological polar surface area (TPSA) is 44.2 Å². The van der Waals surface area contributed by atoms with Crippen molar-refractivity contribution >= 4 is 21.8 Å². The van der Waals surface area contributed by atoms with Crippen molar-refractivity contribution in [3.63, 3.8) is 0 Å². The van der Waals surface area contributed by atoms with Crippen LogP contribution in [0.3, 0.4) is 0 Å². The molecule has 294 valence electrons. The third-order valence-corrected chi connectivity index (χ3v) is 11.0. The van der Waals surface area contributed by atoms with Crippen LogP contribution < -0.4 is 9.47 Å². The van der Waals surface area contributed by atoms with Gasteiger partial charge in [-0.3, -0.25) is 0 Å². The Hall–Kier alpha value is -2.36. The van der Waals surface area contributed by atoms with Gasteiger partial charge in [0.25, 0.3) is 0 Å². The van der Waals surface area contributed by atoms with E-state index >= 15 is 0 Å². The number of rotatable bonds is 36. The average molecular weight is 717 g/mol. The molecule has 0 aliphatic rings. The van der Waals surface area contributed by atoms with Crippen LogP contribution in [0.4, 0.5) is 0 Å². The van der Waals surface area contributed by atoms with Gasteiger partial charge >= 0.3 is 0 Å². The van der Waals surface area contributed by atoms with E-state index in [1.807, 2.05) is 12.1 Å². The molecule has 1 heterocycles. The highest BCUT2D eigenvalue weighted by Gasteiger charge is 2.07. The normalized spacial score (nSPS) is 11.6. The van der Waals surface area contributed by atoms with E-state index in [-0.39, 0.29) is 0 Å². The first-order chi connectivity index (χ1) is 25.8. The lowest BCUT2D eigenvalue weighted by atomic mass is 10.0. The predicted molar refractivity (Wildman–Crippen MR) is 227 cm³/mol. The molecule has 0 bridgehead atoms. The molecule has 52 heavy (non-hydrogen) atoms.